The molecule has 9 heteroatoms. The predicted octanol–water partition coefficient (Wildman–Crippen LogP) is 3.30. The van der Waals surface area contributed by atoms with E-state index in [0.29, 0.717) is 38.7 Å². The topological polar surface area (TPSA) is 91.5 Å². The second kappa shape index (κ2) is 11.7. The first kappa shape index (κ1) is 26.2. The molecule has 2 fully saturated rings. The van der Waals surface area contributed by atoms with Gasteiger partial charge in [0.15, 0.2) is 5.96 Å². The highest BCUT2D eigenvalue weighted by atomic mass is 127. The molecule has 0 aliphatic carbocycles. The van der Waals surface area contributed by atoms with Crippen LogP contribution in [0.25, 0.3) is 0 Å². The normalized spacial score (nSPS) is 17.6. The van der Waals surface area contributed by atoms with Crippen LogP contribution >= 0.6 is 24.0 Å². The number of halogens is 1. The third-order valence-corrected chi connectivity index (χ3v) is 5.52. The van der Waals surface area contributed by atoms with Gasteiger partial charge in [-0.2, -0.15) is 0 Å². The van der Waals surface area contributed by atoms with Crippen LogP contribution < -0.4 is 5.73 Å². The molecular formula is C23H36IN5O3. The minimum atomic E-state index is -0.497. The van der Waals surface area contributed by atoms with Crippen molar-refractivity contribution in [2.75, 3.05) is 39.3 Å². The summed E-state index contributed by atoms with van der Waals surface area (Å²) >= 11 is 0. The average Bonchev–Trinajstić information content (AvgIpc) is 2.77. The van der Waals surface area contributed by atoms with Crippen molar-refractivity contribution in [1.29, 1.82) is 0 Å². The molecule has 0 saturated carbocycles. The summed E-state index contributed by atoms with van der Waals surface area (Å²) in [5, 5.41) is 0. The molecule has 2 aliphatic rings. The third kappa shape index (κ3) is 7.53. The van der Waals surface area contributed by atoms with Crippen LogP contribution in [0.1, 0.15) is 56.0 Å². The second-order valence-corrected chi connectivity index (χ2v) is 9.18. The summed E-state index contributed by atoms with van der Waals surface area (Å²) < 4.78 is 5.42. The Hall–Kier alpha value is -2.04. The fraction of sp³-hybridized carbons (Fsp3) is 0.609. The van der Waals surface area contributed by atoms with Gasteiger partial charge in [-0.05, 0) is 57.7 Å². The van der Waals surface area contributed by atoms with Gasteiger partial charge in [-0.25, -0.2) is 9.79 Å². The molecule has 1 aromatic carbocycles. The fourth-order valence-corrected chi connectivity index (χ4v) is 3.75. The van der Waals surface area contributed by atoms with Crippen molar-refractivity contribution >= 4 is 41.9 Å². The van der Waals surface area contributed by atoms with Gasteiger partial charge in [0.25, 0.3) is 5.91 Å². The smallest absolute Gasteiger partial charge is 0.410 e. The molecule has 2 amide bonds. The Balaban J connectivity index is 0.00000363. The quantitative estimate of drug-likeness (QED) is 0.350. The number of nitrogens with two attached hydrogens (primary N) is 1. The number of rotatable bonds is 3. The lowest BCUT2D eigenvalue weighted by Gasteiger charge is -2.36. The molecular weight excluding hydrogens is 521 g/mol. The van der Waals surface area contributed by atoms with Gasteiger partial charge in [0, 0.05) is 44.8 Å². The fourth-order valence-electron chi connectivity index (χ4n) is 3.75. The number of nitrogens with zero attached hydrogens (tertiary/aromatic N) is 4. The number of hydrogen-bond donors (Lipinski definition) is 1. The SMILES string of the molecule is CC(C)(C)OC(=O)N1CCN(C(N)=NCc2ccc(C(=O)N3CCCCC3)cc2)CC1.I. The Labute approximate surface area is 208 Å². The molecule has 3 rings (SSSR count). The van der Waals surface area contributed by atoms with Gasteiger partial charge in [-0.1, -0.05) is 12.1 Å². The van der Waals surface area contributed by atoms with Gasteiger partial charge < -0.3 is 25.2 Å². The standard InChI is InChI=1S/C23H35N5O3.HI/c1-23(2,3)31-22(30)28-15-13-27(14-16-28)21(24)25-17-18-7-9-19(10-8-18)20(29)26-11-5-4-6-12-26;/h7-10H,4-6,11-17H2,1-3H3,(H2,24,25);1H. The Morgan fingerprint density at radius 2 is 1.47 bits per heavy atom. The number of carbonyl (C=O) groups is 2. The molecule has 2 heterocycles. The maximum absolute atomic E-state index is 12.6. The van der Waals surface area contributed by atoms with E-state index in [1.165, 1.54) is 6.42 Å². The maximum Gasteiger partial charge on any atom is 0.410 e. The first-order chi connectivity index (χ1) is 14.7. The molecule has 8 nitrogen and oxygen atoms in total. The van der Waals surface area contributed by atoms with Crippen molar-refractivity contribution < 1.29 is 14.3 Å². The van der Waals surface area contributed by atoms with E-state index in [4.69, 9.17) is 10.5 Å². The highest BCUT2D eigenvalue weighted by Crippen LogP contribution is 2.15. The van der Waals surface area contributed by atoms with Gasteiger partial charge in [0.2, 0.25) is 0 Å². The molecule has 1 aromatic rings. The van der Waals surface area contributed by atoms with Crippen molar-refractivity contribution in [3.63, 3.8) is 0 Å². The molecule has 32 heavy (non-hydrogen) atoms. The van der Waals surface area contributed by atoms with Crippen LogP contribution in [0.3, 0.4) is 0 Å². The number of piperidine rings is 1. The predicted molar refractivity (Wildman–Crippen MR) is 136 cm³/mol. The highest BCUT2D eigenvalue weighted by Gasteiger charge is 2.26. The lowest BCUT2D eigenvalue weighted by Crippen LogP contribution is -2.53. The third-order valence-electron chi connectivity index (χ3n) is 5.52. The molecule has 0 aromatic heterocycles. The zero-order valence-corrected chi connectivity index (χ0v) is 21.7. The van der Waals surface area contributed by atoms with E-state index < -0.39 is 5.60 Å². The van der Waals surface area contributed by atoms with E-state index in [-0.39, 0.29) is 36.0 Å². The Morgan fingerprint density at radius 1 is 0.906 bits per heavy atom. The number of piperazine rings is 1. The Bertz CT molecular complexity index is 793. The summed E-state index contributed by atoms with van der Waals surface area (Å²) in [5.41, 5.74) is 7.41. The summed E-state index contributed by atoms with van der Waals surface area (Å²) in [6, 6.07) is 7.62. The molecule has 2 saturated heterocycles. The van der Waals surface area contributed by atoms with E-state index in [9.17, 15) is 9.59 Å². The summed E-state index contributed by atoms with van der Waals surface area (Å²) in [4.78, 5) is 34.9. The van der Waals surface area contributed by atoms with Crippen molar-refractivity contribution in [3.05, 3.63) is 35.4 Å². The molecule has 0 radical (unpaired) electrons. The van der Waals surface area contributed by atoms with E-state index in [1.54, 1.807) is 4.90 Å². The molecule has 0 unspecified atom stereocenters. The number of aliphatic imine (C=N–C) groups is 1. The van der Waals surface area contributed by atoms with Crippen LogP contribution in [0, 0.1) is 0 Å². The van der Waals surface area contributed by atoms with E-state index in [1.807, 2.05) is 54.8 Å². The molecule has 0 bridgehead atoms. The summed E-state index contributed by atoms with van der Waals surface area (Å²) in [6.07, 6.45) is 3.09. The molecule has 178 valence electrons. The van der Waals surface area contributed by atoms with Crippen LogP contribution in [0.5, 0.6) is 0 Å². The number of amides is 2. The molecule has 0 atom stereocenters. The number of ether oxygens (including phenoxy) is 1. The van der Waals surface area contributed by atoms with Gasteiger partial charge in [-0.15, -0.1) is 24.0 Å². The monoisotopic (exact) mass is 557 g/mol. The summed E-state index contributed by atoms with van der Waals surface area (Å²) in [7, 11) is 0. The van der Waals surface area contributed by atoms with Crippen LogP contribution in [0.2, 0.25) is 0 Å². The Morgan fingerprint density at radius 3 is 2.03 bits per heavy atom. The number of benzene rings is 1. The van der Waals surface area contributed by atoms with E-state index in [2.05, 4.69) is 4.99 Å². The maximum atomic E-state index is 12.6. The molecule has 0 spiro atoms. The van der Waals surface area contributed by atoms with Crippen molar-refractivity contribution in [3.8, 4) is 0 Å². The molecule has 2 aliphatic heterocycles. The van der Waals surface area contributed by atoms with Gasteiger partial charge >= 0.3 is 6.09 Å². The second-order valence-electron chi connectivity index (χ2n) is 9.18. The van der Waals surface area contributed by atoms with Crippen molar-refractivity contribution in [2.45, 2.75) is 52.2 Å². The minimum Gasteiger partial charge on any atom is -0.444 e. The summed E-state index contributed by atoms with van der Waals surface area (Å²) in [6.45, 7) is 10.1. The van der Waals surface area contributed by atoms with Crippen LogP contribution in [0.4, 0.5) is 4.79 Å². The van der Waals surface area contributed by atoms with E-state index in [0.717, 1.165) is 37.1 Å². The first-order valence-corrected chi connectivity index (χ1v) is 11.1. The van der Waals surface area contributed by atoms with Crippen LogP contribution in [-0.2, 0) is 11.3 Å². The lowest BCUT2D eigenvalue weighted by molar-refractivity contribution is 0.0186. The largest absolute Gasteiger partial charge is 0.444 e. The first-order valence-electron chi connectivity index (χ1n) is 11.1. The zero-order valence-electron chi connectivity index (χ0n) is 19.4. The zero-order chi connectivity index (χ0) is 22.4. The molecule has 2 N–H and O–H groups in total. The minimum absolute atomic E-state index is 0. The van der Waals surface area contributed by atoms with Crippen LogP contribution in [0.15, 0.2) is 29.3 Å². The van der Waals surface area contributed by atoms with Gasteiger partial charge in [0.1, 0.15) is 5.60 Å². The van der Waals surface area contributed by atoms with E-state index >= 15 is 0 Å². The number of carbonyl (C=O) groups excluding carboxylic acids is 2. The van der Waals surface area contributed by atoms with Crippen molar-refractivity contribution in [2.24, 2.45) is 10.7 Å². The Kier molecular flexibility index (Phi) is 9.60. The summed E-state index contributed by atoms with van der Waals surface area (Å²) in [5.74, 6) is 0.578. The van der Waals surface area contributed by atoms with Crippen molar-refractivity contribution in [1.82, 2.24) is 14.7 Å². The highest BCUT2D eigenvalue weighted by molar-refractivity contribution is 14.0. The lowest BCUT2D eigenvalue weighted by atomic mass is 10.1. The van der Waals surface area contributed by atoms with Gasteiger partial charge in [0.05, 0.1) is 6.54 Å². The number of likely N-dealkylation sites (tertiary alicyclic amines) is 1. The van der Waals surface area contributed by atoms with Crippen LogP contribution in [-0.4, -0.2) is 77.5 Å². The average molecular weight is 557 g/mol. The number of guanidine groups is 1. The van der Waals surface area contributed by atoms with Gasteiger partial charge in [-0.3, -0.25) is 4.79 Å². The number of hydrogen-bond acceptors (Lipinski definition) is 4.